The van der Waals surface area contributed by atoms with Crippen molar-refractivity contribution in [2.75, 3.05) is 5.32 Å². The van der Waals surface area contributed by atoms with Crippen LogP contribution in [0, 0.1) is 0 Å². The summed E-state index contributed by atoms with van der Waals surface area (Å²) in [5.74, 6) is -1.06. The first-order valence-electron chi connectivity index (χ1n) is 16.5. The first-order valence-corrected chi connectivity index (χ1v) is 16.5. The van der Waals surface area contributed by atoms with Gasteiger partial charge < -0.3 is 20.3 Å². The minimum absolute atomic E-state index is 0.237. The Morgan fingerprint density at radius 3 is 2.43 bits per heavy atom. The quantitative estimate of drug-likeness (QED) is 0.194. The van der Waals surface area contributed by atoms with Crippen LogP contribution in [0.2, 0.25) is 0 Å². The molecule has 0 radical (unpaired) electrons. The molecule has 2 saturated carbocycles. The molecule has 2 aromatic carbocycles. The Morgan fingerprint density at radius 1 is 0.913 bits per heavy atom. The number of aliphatic carboxylic acids is 1. The smallest absolute Gasteiger partial charge is 0.328 e. The highest BCUT2D eigenvalue weighted by molar-refractivity contribution is 6.06. The van der Waals surface area contributed by atoms with E-state index in [1.165, 1.54) is 36.3 Å². The van der Waals surface area contributed by atoms with Crippen molar-refractivity contribution < 1.29 is 19.5 Å². The highest BCUT2D eigenvalue weighted by atomic mass is 16.4. The zero-order valence-electron chi connectivity index (χ0n) is 25.9. The summed E-state index contributed by atoms with van der Waals surface area (Å²) in [6.45, 7) is 0.832. The van der Waals surface area contributed by atoms with E-state index in [1.54, 1.807) is 36.7 Å². The Kier molecular flexibility index (Phi) is 8.15. The number of amides is 2. The van der Waals surface area contributed by atoms with E-state index in [2.05, 4.69) is 21.3 Å². The number of hydrogen-bond acceptors (Lipinski definition) is 5. The van der Waals surface area contributed by atoms with Gasteiger partial charge in [-0.05, 0) is 85.9 Å². The molecule has 1 aliphatic heterocycles. The molecule has 4 aromatic rings. The minimum Gasteiger partial charge on any atom is -0.478 e. The van der Waals surface area contributed by atoms with Crippen molar-refractivity contribution in [1.82, 2.24) is 19.9 Å². The summed E-state index contributed by atoms with van der Waals surface area (Å²) < 4.78 is 2.37. The van der Waals surface area contributed by atoms with E-state index >= 15 is 0 Å². The van der Waals surface area contributed by atoms with Gasteiger partial charge in [0, 0.05) is 47.2 Å². The molecular formula is C37H39N5O4. The van der Waals surface area contributed by atoms with Crippen LogP contribution in [-0.2, 0) is 22.6 Å². The van der Waals surface area contributed by atoms with Gasteiger partial charge in [0.2, 0.25) is 5.91 Å². The second-order valence-corrected chi connectivity index (χ2v) is 12.9. The van der Waals surface area contributed by atoms with Gasteiger partial charge in [-0.1, -0.05) is 50.3 Å². The lowest BCUT2D eigenvalue weighted by atomic mass is 9.82. The van der Waals surface area contributed by atoms with Gasteiger partial charge >= 0.3 is 5.97 Å². The van der Waals surface area contributed by atoms with Gasteiger partial charge in [-0.2, -0.15) is 0 Å². The second-order valence-electron chi connectivity index (χ2n) is 12.9. The van der Waals surface area contributed by atoms with Crippen molar-refractivity contribution in [3.63, 3.8) is 0 Å². The molecule has 9 nitrogen and oxygen atoms in total. The molecule has 0 bridgehead atoms. The number of carbonyl (C=O) groups is 3. The van der Waals surface area contributed by atoms with Gasteiger partial charge in [0.1, 0.15) is 11.2 Å². The lowest BCUT2D eigenvalue weighted by molar-refractivity contribution is -0.131. The van der Waals surface area contributed by atoms with Crippen molar-refractivity contribution in [3.05, 3.63) is 83.3 Å². The Bertz CT molecular complexity index is 1830. The normalized spacial score (nSPS) is 17.7. The van der Waals surface area contributed by atoms with Crippen LogP contribution in [0.25, 0.3) is 28.4 Å². The average molecular weight is 618 g/mol. The molecule has 2 aromatic heterocycles. The highest BCUT2D eigenvalue weighted by Crippen LogP contribution is 2.45. The molecule has 236 valence electrons. The van der Waals surface area contributed by atoms with E-state index in [-0.39, 0.29) is 11.8 Å². The van der Waals surface area contributed by atoms with Gasteiger partial charge in [-0.15, -0.1) is 0 Å². The third-order valence-corrected chi connectivity index (χ3v) is 10.0. The molecule has 2 aliphatic carbocycles. The van der Waals surface area contributed by atoms with Crippen LogP contribution >= 0.6 is 0 Å². The molecule has 2 amide bonds. The summed E-state index contributed by atoms with van der Waals surface area (Å²) in [5.41, 5.74) is 6.40. The Balaban J connectivity index is 1.19. The number of aromatic nitrogens is 3. The number of carboxylic acid groups (broad SMARTS) is 1. The Morgan fingerprint density at radius 2 is 1.67 bits per heavy atom. The molecule has 9 heteroatoms. The number of carboxylic acids is 1. The van der Waals surface area contributed by atoms with Gasteiger partial charge in [-0.25, -0.2) is 4.79 Å². The van der Waals surface area contributed by atoms with Crippen molar-refractivity contribution in [1.29, 1.82) is 0 Å². The lowest BCUT2D eigenvalue weighted by Crippen LogP contribution is -2.55. The third-order valence-electron chi connectivity index (χ3n) is 10.0. The van der Waals surface area contributed by atoms with Gasteiger partial charge in [0.15, 0.2) is 0 Å². The fourth-order valence-corrected chi connectivity index (χ4v) is 7.73. The van der Waals surface area contributed by atoms with Gasteiger partial charge in [0.05, 0.1) is 11.4 Å². The lowest BCUT2D eigenvalue weighted by Gasteiger charge is -2.29. The van der Waals surface area contributed by atoms with E-state index in [9.17, 15) is 14.4 Å². The maximum Gasteiger partial charge on any atom is 0.328 e. The van der Waals surface area contributed by atoms with E-state index in [0.29, 0.717) is 35.6 Å². The molecule has 2 fully saturated rings. The average Bonchev–Trinajstić information content (AvgIpc) is 3.62. The van der Waals surface area contributed by atoms with Gasteiger partial charge in [-0.3, -0.25) is 19.6 Å². The fraction of sp³-hybridized carbons (Fsp3) is 0.378. The zero-order valence-corrected chi connectivity index (χ0v) is 25.9. The summed E-state index contributed by atoms with van der Waals surface area (Å²) >= 11 is 0. The molecule has 0 unspecified atom stereocenters. The minimum atomic E-state index is -1.02. The predicted octanol–water partition coefficient (Wildman–Crippen LogP) is 6.87. The predicted molar refractivity (Wildman–Crippen MR) is 178 cm³/mol. The SMILES string of the molecule is O=C(O)/C=C/c1ccc(NC(=O)C2(NC(=O)c3ccc4c(C5CCCCC5)c5n(c4c3)CCCc3nccnc3-5)CCCC2)cc1. The number of hydrogen-bond donors (Lipinski definition) is 3. The van der Waals surface area contributed by atoms with Crippen LogP contribution in [0.5, 0.6) is 0 Å². The third kappa shape index (κ3) is 5.70. The molecule has 3 heterocycles. The summed E-state index contributed by atoms with van der Waals surface area (Å²) in [6.07, 6.45) is 16.8. The molecule has 3 aliphatic rings. The summed E-state index contributed by atoms with van der Waals surface area (Å²) in [5, 5.41) is 16.2. The van der Waals surface area contributed by atoms with Crippen LogP contribution in [0.15, 0.2) is 60.9 Å². The maximum atomic E-state index is 13.9. The standard InChI is InChI=1S/C37H39N5O4/c43-31(44)17-12-24-10-14-27(15-11-24)40-36(46)37(18-4-5-19-37)41-35(45)26-13-16-28-30(23-26)42-22-6-9-29-33(39-21-20-38-29)34(42)32(28)25-7-2-1-3-8-25/h10-17,20-21,23,25H,1-9,18-19,22H2,(H,40,46)(H,41,45)(H,43,44)/b17-12+. The molecule has 0 spiro atoms. The van der Waals surface area contributed by atoms with E-state index in [1.807, 2.05) is 12.1 Å². The molecular weight excluding hydrogens is 578 g/mol. The molecule has 3 N–H and O–H groups in total. The summed E-state index contributed by atoms with van der Waals surface area (Å²) in [7, 11) is 0. The number of anilines is 1. The van der Waals surface area contributed by atoms with E-state index in [0.717, 1.165) is 73.7 Å². The van der Waals surface area contributed by atoms with Crippen molar-refractivity contribution in [2.24, 2.45) is 0 Å². The Labute approximate surface area is 268 Å². The topological polar surface area (TPSA) is 126 Å². The molecule has 7 rings (SSSR count). The Hall–Kier alpha value is -4.79. The number of fused-ring (bicyclic) bond motifs is 5. The largest absolute Gasteiger partial charge is 0.478 e. The molecule has 0 atom stereocenters. The summed E-state index contributed by atoms with van der Waals surface area (Å²) in [6, 6.07) is 13.0. The molecule has 46 heavy (non-hydrogen) atoms. The van der Waals surface area contributed by atoms with E-state index < -0.39 is 11.5 Å². The number of nitrogens with zero attached hydrogens (tertiary/aromatic N) is 3. The van der Waals surface area contributed by atoms with Crippen molar-refractivity contribution in [2.45, 2.75) is 88.6 Å². The van der Waals surface area contributed by atoms with E-state index in [4.69, 9.17) is 15.1 Å². The zero-order chi connectivity index (χ0) is 31.7. The van der Waals surface area contributed by atoms with Gasteiger partial charge in [0.25, 0.3) is 5.91 Å². The fourth-order valence-electron chi connectivity index (χ4n) is 7.73. The highest BCUT2D eigenvalue weighted by Gasteiger charge is 2.43. The van der Waals surface area contributed by atoms with Crippen LogP contribution in [0.3, 0.4) is 0 Å². The number of rotatable bonds is 7. The maximum absolute atomic E-state index is 13.9. The number of aryl methyl sites for hydroxylation is 2. The number of nitrogens with one attached hydrogen (secondary N) is 2. The molecule has 0 saturated heterocycles. The summed E-state index contributed by atoms with van der Waals surface area (Å²) in [4.78, 5) is 48.0. The first-order chi connectivity index (χ1) is 22.4. The van der Waals surface area contributed by atoms with Crippen molar-refractivity contribution in [3.8, 4) is 11.4 Å². The van der Waals surface area contributed by atoms with Crippen LogP contribution in [0.1, 0.15) is 97.3 Å². The second kappa shape index (κ2) is 12.5. The van der Waals surface area contributed by atoms with Crippen molar-refractivity contribution >= 4 is 40.4 Å². The van der Waals surface area contributed by atoms with Crippen LogP contribution in [0.4, 0.5) is 5.69 Å². The number of benzene rings is 2. The van der Waals surface area contributed by atoms with Crippen LogP contribution in [-0.4, -0.2) is 43.0 Å². The first kappa shape index (κ1) is 29.9. The monoisotopic (exact) mass is 617 g/mol. The van der Waals surface area contributed by atoms with Crippen LogP contribution < -0.4 is 10.6 Å². The number of carbonyl (C=O) groups excluding carboxylic acids is 2.